The molecule has 18 nitrogen and oxygen atoms in total. The Morgan fingerprint density at radius 3 is 0.423 bits per heavy atom. The van der Waals surface area contributed by atoms with Crippen molar-refractivity contribution >= 4 is 36.9 Å². The number of benzene rings is 7. The predicted molar refractivity (Wildman–Crippen MR) is 434 cm³/mol. The molecule has 7 aromatic rings. The zero-order valence-electron chi connectivity index (χ0n) is 72.8. The van der Waals surface area contributed by atoms with Gasteiger partial charge in [0.25, 0.3) is 0 Å². The van der Waals surface area contributed by atoms with E-state index in [1.807, 2.05) is 125 Å². The normalized spacial score (nSPS) is 12.2. The van der Waals surface area contributed by atoms with Gasteiger partial charge in [-0.15, -0.1) is 0 Å². The molecule has 18 heteroatoms. The molecule has 0 heterocycles. The molecule has 0 aliphatic carbocycles. The number of carbonyl (C=O) groups is 6. The highest BCUT2D eigenvalue weighted by atomic mass is 16.8. The van der Waals surface area contributed by atoms with Crippen LogP contribution >= 0.6 is 0 Å². The van der Waals surface area contributed by atoms with Crippen LogP contribution < -0.4 is 28.4 Å². The fourth-order valence-electron chi connectivity index (χ4n) is 14.2. The Hall–Kier alpha value is -9.84. The van der Waals surface area contributed by atoms with E-state index in [-0.39, 0.29) is 0 Å². The maximum absolute atomic E-state index is 13.8. The Morgan fingerprint density at radius 2 is 0.315 bits per heavy atom. The molecule has 0 radical (unpaired) electrons. The molecule has 0 spiro atoms. The van der Waals surface area contributed by atoms with Crippen LogP contribution in [0.25, 0.3) is 0 Å². The lowest BCUT2D eigenvalue weighted by Gasteiger charge is -2.33. The highest BCUT2D eigenvalue weighted by Crippen LogP contribution is 2.51. The summed E-state index contributed by atoms with van der Waals surface area (Å²) >= 11 is 0. The van der Waals surface area contributed by atoms with E-state index in [0.717, 1.165) is 83.5 Å². The largest absolute Gasteiger partial charge is 0.514 e. The molecule has 7 aromatic carbocycles. The minimum Gasteiger partial charge on any atom is -0.428 e. The first kappa shape index (κ1) is 88.4. The summed E-state index contributed by atoms with van der Waals surface area (Å²) in [5.41, 5.74) is 15.0. The van der Waals surface area contributed by atoms with E-state index in [0.29, 0.717) is 101 Å². The molecule has 0 saturated heterocycles. The van der Waals surface area contributed by atoms with Gasteiger partial charge in [0.05, 0.1) is 0 Å². The third-order valence-corrected chi connectivity index (χ3v) is 19.7. The number of rotatable bonds is 15. The lowest BCUT2D eigenvalue weighted by Crippen LogP contribution is -2.26. The number of hydrogen-bond donors (Lipinski definition) is 0. The average molecular weight is 1530 g/mol. The van der Waals surface area contributed by atoms with E-state index in [9.17, 15) is 28.8 Å². The molecule has 0 atom stereocenters. The molecule has 0 amide bonds. The fraction of sp³-hybridized carbons (Fsp3) is 0.484. The van der Waals surface area contributed by atoms with Gasteiger partial charge in [-0.1, -0.05) is 54.6 Å². The maximum atomic E-state index is 13.8. The number of ether oxygens (including phenoxy) is 12. The SMILES string of the molecule is Cc1cc(C(c2cc(C(c3cc(C)c(OC(=O)OC(C)(C)C)c(C)c3C)c3cc(C)c(OC(=O)OC(C)(C)C)c(C)c3C)cc(C(c3cc(C)c(OC(=O)OC(C)(C)C)c(C)c3C)c3cc(C)c(OC(=O)OC(C)(C)C)c(C)c3C)c2)c2cc(C)c(OC(=O)OC(C)(C)C)c(C)c2C)c(C)c(C)c1OC(=O)OC(C)(C)C. The van der Waals surface area contributed by atoms with Crippen molar-refractivity contribution in [2.45, 2.75) is 301 Å². The van der Waals surface area contributed by atoms with Gasteiger partial charge < -0.3 is 56.8 Å². The van der Waals surface area contributed by atoms with Crippen LogP contribution in [-0.2, 0) is 28.4 Å². The second kappa shape index (κ2) is 32.8. The molecule has 0 aliphatic heterocycles. The van der Waals surface area contributed by atoms with Gasteiger partial charge in [-0.3, -0.25) is 0 Å². The summed E-state index contributed by atoms with van der Waals surface area (Å²) in [5, 5.41) is 0. The molecule has 0 aliphatic rings. The van der Waals surface area contributed by atoms with E-state index in [1.165, 1.54) is 0 Å². The second-order valence-electron chi connectivity index (χ2n) is 35.8. The molecule has 111 heavy (non-hydrogen) atoms. The van der Waals surface area contributed by atoms with E-state index in [1.54, 1.807) is 125 Å². The summed E-state index contributed by atoms with van der Waals surface area (Å²) in [6.07, 6.45) is -5.16. The van der Waals surface area contributed by atoms with Crippen LogP contribution in [0.15, 0.2) is 54.6 Å². The van der Waals surface area contributed by atoms with Crippen LogP contribution in [0.4, 0.5) is 28.8 Å². The van der Waals surface area contributed by atoms with E-state index >= 15 is 0 Å². The lowest BCUT2D eigenvalue weighted by atomic mass is 9.72. The van der Waals surface area contributed by atoms with Gasteiger partial charge in [0.15, 0.2) is 0 Å². The summed E-state index contributed by atoms with van der Waals surface area (Å²) < 4.78 is 71.8. The Labute approximate surface area is 659 Å². The standard InChI is InChI=1S/C93H120O18/c1-46-37-67(52(7)58(13)76(46)100-82(94)106-88(19,20)21)73(68-38-47(2)77(59(14)53(68)8)101-83(95)107-89(22,23)24)64-43-65(74(69-39-48(3)78(60(15)54(69)9)102-84(96)108-90(25,26)27)70-40-49(4)79(61(16)55(70)10)103-85(97)109-91(28,29)30)45-66(44-64)75(71-41-50(5)80(62(17)56(71)11)104-86(98)110-92(31,32)33)72-42-51(6)81(63(18)57(72)12)105-87(99)111-93(34,35)36/h37-45,73-75H,1-36H3. The van der Waals surface area contributed by atoms with Crippen molar-refractivity contribution < 1.29 is 85.6 Å². The van der Waals surface area contributed by atoms with E-state index < -0.39 is 88.3 Å². The summed E-state index contributed by atoms with van der Waals surface area (Å²) in [5.74, 6) is -0.102. The van der Waals surface area contributed by atoms with Crippen LogP contribution in [0, 0.1) is 125 Å². The van der Waals surface area contributed by atoms with Gasteiger partial charge in [0.2, 0.25) is 0 Å². The highest BCUT2D eigenvalue weighted by Gasteiger charge is 2.37. The first-order chi connectivity index (χ1) is 50.7. The van der Waals surface area contributed by atoms with Gasteiger partial charge in [-0.2, -0.15) is 0 Å². The van der Waals surface area contributed by atoms with E-state index in [2.05, 4.69) is 54.6 Å². The monoisotopic (exact) mass is 1520 g/mol. The average Bonchev–Trinajstić information content (AvgIpc) is 0.737. The van der Waals surface area contributed by atoms with E-state index in [4.69, 9.17) is 56.8 Å². The van der Waals surface area contributed by atoms with Gasteiger partial charge in [0, 0.05) is 17.8 Å². The summed E-state index contributed by atoms with van der Waals surface area (Å²) in [6, 6.07) is 19.1. The van der Waals surface area contributed by atoms with Crippen molar-refractivity contribution in [1.29, 1.82) is 0 Å². The predicted octanol–water partition coefficient (Wildman–Crippen LogP) is 24.7. The molecule has 0 bridgehead atoms. The smallest absolute Gasteiger partial charge is 0.428 e. The van der Waals surface area contributed by atoms with Gasteiger partial charge in [-0.25, -0.2) is 28.8 Å². The first-order valence-corrected chi connectivity index (χ1v) is 37.9. The molecular weight excluding hydrogens is 1410 g/mol. The topological polar surface area (TPSA) is 213 Å². The molecule has 0 aromatic heterocycles. The van der Waals surface area contributed by atoms with Crippen LogP contribution in [0.5, 0.6) is 34.5 Å². The maximum Gasteiger partial charge on any atom is 0.514 e. The third kappa shape index (κ3) is 21.4. The fourth-order valence-corrected chi connectivity index (χ4v) is 14.2. The number of aryl methyl sites for hydroxylation is 6. The minimum atomic E-state index is -0.862. The van der Waals surface area contributed by atoms with Crippen molar-refractivity contribution in [2.75, 3.05) is 0 Å². The molecule has 7 rings (SSSR count). The molecule has 0 unspecified atom stereocenters. The van der Waals surface area contributed by atoms with Crippen molar-refractivity contribution in [1.82, 2.24) is 0 Å². The molecule has 0 fully saturated rings. The number of carbonyl (C=O) groups excluding carboxylic acids is 6. The third-order valence-electron chi connectivity index (χ3n) is 19.7. The van der Waals surface area contributed by atoms with Crippen molar-refractivity contribution in [3.05, 3.63) is 205 Å². The quantitative estimate of drug-likeness (QED) is 0.0404. The van der Waals surface area contributed by atoms with Crippen LogP contribution in [0.1, 0.15) is 293 Å². The van der Waals surface area contributed by atoms with Crippen molar-refractivity contribution in [2.24, 2.45) is 0 Å². The van der Waals surface area contributed by atoms with Crippen molar-refractivity contribution in [3.63, 3.8) is 0 Å². The molecule has 0 N–H and O–H groups in total. The van der Waals surface area contributed by atoms with Crippen molar-refractivity contribution in [3.8, 4) is 34.5 Å². The minimum absolute atomic E-state index is 0.338. The Kier molecular flexibility index (Phi) is 26.2. The van der Waals surface area contributed by atoms with Gasteiger partial charge >= 0.3 is 36.9 Å². The molecule has 600 valence electrons. The Balaban J connectivity index is 1.82. The van der Waals surface area contributed by atoms with Crippen LogP contribution in [0.3, 0.4) is 0 Å². The summed E-state index contributed by atoms with van der Waals surface area (Å²) in [7, 11) is 0. The summed E-state index contributed by atoms with van der Waals surface area (Å²) in [4.78, 5) is 82.8. The second-order valence-corrected chi connectivity index (χ2v) is 35.8. The summed E-state index contributed by atoms with van der Waals surface area (Å²) in [6.45, 7) is 67.1. The zero-order chi connectivity index (χ0) is 84.1. The van der Waals surface area contributed by atoms with Crippen LogP contribution in [-0.4, -0.2) is 70.5 Å². The Morgan fingerprint density at radius 1 is 0.198 bits per heavy atom. The first-order valence-electron chi connectivity index (χ1n) is 37.9. The Bertz CT molecular complexity index is 4060. The van der Waals surface area contributed by atoms with Gasteiger partial charge in [-0.05, 0) is 399 Å². The lowest BCUT2D eigenvalue weighted by molar-refractivity contribution is 0.0190. The molecular formula is C93H120O18. The van der Waals surface area contributed by atoms with Gasteiger partial charge in [0.1, 0.15) is 68.1 Å². The van der Waals surface area contributed by atoms with Crippen LogP contribution in [0.2, 0.25) is 0 Å². The zero-order valence-corrected chi connectivity index (χ0v) is 72.8. The number of hydrogen-bond acceptors (Lipinski definition) is 18. The highest BCUT2D eigenvalue weighted by molar-refractivity contribution is 5.74. The molecule has 0 saturated carbocycles.